The molecule has 0 amide bonds. The van der Waals surface area contributed by atoms with Crippen LogP contribution in [-0.4, -0.2) is 20.3 Å². The molecule has 0 aromatic heterocycles. The summed E-state index contributed by atoms with van der Waals surface area (Å²) in [5.41, 5.74) is 3.85. The van der Waals surface area contributed by atoms with E-state index < -0.39 is 0 Å². The molecule has 0 aliphatic carbocycles. The second kappa shape index (κ2) is 11.1. The van der Waals surface area contributed by atoms with E-state index in [2.05, 4.69) is 59.9 Å². The first-order valence-corrected chi connectivity index (χ1v) is 11.5. The summed E-state index contributed by atoms with van der Waals surface area (Å²) in [6.07, 6.45) is 6.64. The van der Waals surface area contributed by atoms with Crippen LogP contribution in [0.2, 0.25) is 0 Å². The van der Waals surface area contributed by atoms with Crippen molar-refractivity contribution in [2.24, 2.45) is 0 Å². The Bertz CT molecular complexity index is 1000. The molecule has 3 aromatic carbocycles. The monoisotopic (exact) mass is 431 g/mol. The van der Waals surface area contributed by atoms with E-state index in [0.29, 0.717) is 6.04 Å². The van der Waals surface area contributed by atoms with Gasteiger partial charge in [0.25, 0.3) is 0 Å². The van der Waals surface area contributed by atoms with Crippen molar-refractivity contribution in [1.82, 2.24) is 5.32 Å². The van der Waals surface area contributed by atoms with Gasteiger partial charge in [-0.15, -0.1) is 0 Å². The predicted molar refractivity (Wildman–Crippen MR) is 129 cm³/mol. The number of fused-ring (bicyclic) bond motifs is 4. The van der Waals surface area contributed by atoms with E-state index in [4.69, 9.17) is 14.2 Å². The van der Waals surface area contributed by atoms with E-state index in [0.717, 1.165) is 55.2 Å². The predicted octanol–water partition coefficient (Wildman–Crippen LogP) is 6.31. The number of hydrogen-bond donors (Lipinski definition) is 1. The van der Waals surface area contributed by atoms with Crippen LogP contribution in [0, 0.1) is 0 Å². The van der Waals surface area contributed by atoms with Crippen molar-refractivity contribution in [3.05, 3.63) is 83.4 Å². The lowest BCUT2D eigenvalue weighted by Crippen LogP contribution is -2.29. The maximum Gasteiger partial charge on any atom is 0.169 e. The van der Waals surface area contributed by atoms with E-state index in [1.54, 1.807) is 14.2 Å². The zero-order valence-electron chi connectivity index (χ0n) is 19.1. The van der Waals surface area contributed by atoms with E-state index in [-0.39, 0.29) is 0 Å². The SMILES string of the molecule is COc1ccc2cc1Oc1cc(ccc1OC)CCC(NCc1ccccc1)CCCC2. The zero-order valence-corrected chi connectivity index (χ0v) is 19.1. The molecule has 4 bridgehead atoms. The van der Waals surface area contributed by atoms with Crippen molar-refractivity contribution in [3.8, 4) is 23.0 Å². The molecule has 168 valence electrons. The molecule has 1 aliphatic rings. The van der Waals surface area contributed by atoms with Crippen LogP contribution in [0.1, 0.15) is 42.4 Å². The molecule has 0 radical (unpaired) electrons. The highest BCUT2D eigenvalue weighted by Crippen LogP contribution is 2.38. The normalized spacial score (nSPS) is 16.5. The second-order valence-electron chi connectivity index (χ2n) is 8.42. The average molecular weight is 432 g/mol. The van der Waals surface area contributed by atoms with Gasteiger partial charge in [-0.05, 0) is 73.1 Å². The number of aryl methyl sites for hydroxylation is 2. The fourth-order valence-electron chi connectivity index (χ4n) is 4.30. The Hall–Kier alpha value is -2.98. The van der Waals surface area contributed by atoms with Crippen molar-refractivity contribution >= 4 is 0 Å². The molecule has 3 aromatic rings. The van der Waals surface area contributed by atoms with Gasteiger partial charge in [-0.1, -0.05) is 48.9 Å². The lowest BCUT2D eigenvalue weighted by molar-refractivity contribution is 0.355. The summed E-state index contributed by atoms with van der Waals surface area (Å²) in [6.45, 7) is 0.907. The topological polar surface area (TPSA) is 39.7 Å². The molecule has 0 saturated heterocycles. The summed E-state index contributed by atoms with van der Waals surface area (Å²) >= 11 is 0. The molecular weight excluding hydrogens is 398 g/mol. The van der Waals surface area contributed by atoms with Gasteiger partial charge in [-0.3, -0.25) is 0 Å². The minimum atomic E-state index is 0.482. The summed E-state index contributed by atoms with van der Waals surface area (Å²) in [6, 6.07) is 23.6. The molecule has 1 unspecified atom stereocenters. The Kier molecular flexibility index (Phi) is 7.68. The lowest BCUT2D eigenvalue weighted by atomic mass is 9.98. The van der Waals surface area contributed by atoms with Crippen LogP contribution >= 0.6 is 0 Å². The molecule has 1 heterocycles. The van der Waals surface area contributed by atoms with Crippen molar-refractivity contribution in [2.45, 2.75) is 51.1 Å². The number of benzene rings is 3. The molecule has 4 nitrogen and oxygen atoms in total. The zero-order chi connectivity index (χ0) is 22.2. The van der Waals surface area contributed by atoms with Crippen LogP contribution in [0.4, 0.5) is 0 Å². The van der Waals surface area contributed by atoms with Crippen LogP contribution < -0.4 is 19.5 Å². The molecule has 0 spiro atoms. The van der Waals surface area contributed by atoms with Crippen molar-refractivity contribution in [3.63, 3.8) is 0 Å². The first kappa shape index (κ1) is 22.2. The van der Waals surface area contributed by atoms with Crippen molar-refractivity contribution < 1.29 is 14.2 Å². The molecule has 32 heavy (non-hydrogen) atoms. The quantitative estimate of drug-likeness (QED) is 0.514. The third kappa shape index (κ3) is 5.83. The number of nitrogens with one attached hydrogen (secondary N) is 1. The number of methoxy groups -OCH3 is 2. The van der Waals surface area contributed by atoms with Gasteiger partial charge in [0, 0.05) is 12.6 Å². The number of hydrogen-bond acceptors (Lipinski definition) is 4. The largest absolute Gasteiger partial charge is 0.493 e. The smallest absolute Gasteiger partial charge is 0.169 e. The van der Waals surface area contributed by atoms with Gasteiger partial charge >= 0.3 is 0 Å². The van der Waals surface area contributed by atoms with E-state index in [9.17, 15) is 0 Å². The maximum absolute atomic E-state index is 6.31. The maximum atomic E-state index is 6.31. The Morgan fingerprint density at radius 1 is 0.781 bits per heavy atom. The first-order chi connectivity index (χ1) is 15.7. The highest BCUT2D eigenvalue weighted by Gasteiger charge is 2.15. The van der Waals surface area contributed by atoms with Gasteiger partial charge in [-0.2, -0.15) is 0 Å². The highest BCUT2D eigenvalue weighted by atomic mass is 16.5. The summed E-state index contributed by atoms with van der Waals surface area (Å²) in [5, 5.41) is 3.80. The van der Waals surface area contributed by atoms with Gasteiger partial charge in [-0.25, -0.2) is 0 Å². The fourth-order valence-corrected chi connectivity index (χ4v) is 4.30. The van der Waals surface area contributed by atoms with Gasteiger partial charge in [0.05, 0.1) is 14.2 Å². The standard InChI is InChI=1S/C28H33NO3/c1-30-25-16-13-21-8-6-7-11-24(29-20-23-9-4-3-5-10-23)15-12-22-14-17-26(31-2)28(19-22)32-27(25)18-21/h3-5,9-10,13-14,16-19,24,29H,6-8,11-12,15,20H2,1-2H3. The van der Waals surface area contributed by atoms with Gasteiger partial charge < -0.3 is 19.5 Å². The molecular formula is C28H33NO3. The average Bonchev–Trinajstić information content (AvgIpc) is 2.83. The third-order valence-corrected chi connectivity index (χ3v) is 6.16. The van der Waals surface area contributed by atoms with Crippen molar-refractivity contribution in [2.75, 3.05) is 14.2 Å². The van der Waals surface area contributed by atoms with Crippen molar-refractivity contribution in [1.29, 1.82) is 0 Å². The van der Waals surface area contributed by atoms with Crippen LogP contribution in [0.3, 0.4) is 0 Å². The summed E-state index contributed by atoms with van der Waals surface area (Å²) in [4.78, 5) is 0. The van der Waals surface area contributed by atoms with Crippen LogP contribution in [-0.2, 0) is 19.4 Å². The van der Waals surface area contributed by atoms with E-state index in [1.165, 1.54) is 29.5 Å². The molecule has 0 fully saturated rings. The van der Waals surface area contributed by atoms with Crippen LogP contribution in [0.15, 0.2) is 66.7 Å². The molecule has 4 rings (SSSR count). The molecule has 0 saturated carbocycles. The number of ether oxygens (including phenoxy) is 3. The Morgan fingerprint density at radius 3 is 2.09 bits per heavy atom. The molecule has 1 N–H and O–H groups in total. The summed E-state index contributed by atoms with van der Waals surface area (Å²) < 4.78 is 17.4. The Morgan fingerprint density at radius 2 is 1.44 bits per heavy atom. The highest BCUT2D eigenvalue weighted by molar-refractivity contribution is 5.50. The minimum Gasteiger partial charge on any atom is -0.493 e. The third-order valence-electron chi connectivity index (χ3n) is 6.16. The Balaban J connectivity index is 1.56. The molecule has 1 aliphatic heterocycles. The molecule has 4 heteroatoms. The van der Waals surface area contributed by atoms with E-state index >= 15 is 0 Å². The molecule has 1 atom stereocenters. The van der Waals surface area contributed by atoms with Gasteiger partial charge in [0.15, 0.2) is 23.0 Å². The minimum absolute atomic E-state index is 0.482. The van der Waals surface area contributed by atoms with Gasteiger partial charge in [0.1, 0.15) is 0 Å². The fraction of sp³-hybridized carbons (Fsp3) is 0.357. The number of rotatable bonds is 5. The van der Waals surface area contributed by atoms with Gasteiger partial charge in [0.2, 0.25) is 0 Å². The van der Waals surface area contributed by atoms with E-state index in [1.807, 2.05) is 12.1 Å². The lowest BCUT2D eigenvalue weighted by Gasteiger charge is -2.20. The first-order valence-electron chi connectivity index (χ1n) is 11.5. The van der Waals surface area contributed by atoms with Crippen LogP contribution in [0.5, 0.6) is 23.0 Å². The summed E-state index contributed by atoms with van der Waals surface area (Å²) in [7, 11) is 3.35. The Labute approximate surface area is 191 Å². The second-order valence-corrected chi connectivity index (χ2v) is 8.42. The van der Waals surface area contributed by atoms with Crippen LogP contribution in [0.25, 0.3) is 0 Å². The summed E-state index contributed by atoms with van der Waals surface area (Å²) in [5.74, 6) is 2.93.